The van der Waals surface area contributed by atoms with E-state index in [1.54, 1.807) is 0 Å². The molecule has 0 saturated heterocycles. The van der Waals surface area contributed by atoms with Gasteiger partial charge in [0.1, 0.15) is 0 Å². The zero-order chi connectivity index (χ0) is 4.12. The van der Waals surface area contributed by atoms with Crippen LogP contribution >= 0.6 is 23.0 Å². The predicted molar refractivity (Wildman–Crippen MR) is 24.4 cm³/mol. The minimum absolute atomic E-state index is 0.886. The van der Waals surface area contributed by atoms with Crippen LogP contribution in [0.5, 0.6) is 0 Å². The standard InChI is InChI=1S/BFHIO2/c2-1-4-5-3/h1H. The highest BCUT2D eigenvalue weighted by atomic mass is 127. The average molecular weight is 190 g/mol. The Morgan fingerprint density at radius 1 is 1.80 bits per heavy atom. The highest BCUT2D eigenvalue weighted by Crippen LogP contribution is 1.82. The third kappa shape index (κ3) is 4.64. The summed E-state index contributed by atoms with van der Waals surface area (Å²) in [6.07, 6.45) is 0. The number of halogens is 2. The van der Waals surface area contributed by atoms with E-state index in [-0.39, 0.29) is 0 Å². The summed E-state index contributed by atoms with van der Waals surface area (Å²) in [5.41, 5.74) is 0. The summed E-state index contributed by atoms with van der Waals surface area (Å²) in [4.78, 5) is 3.65. The van der Waals surface area contributed by atoms with Crippen molar-refractivity contribution in [2.75, 3.05) is 0 Å². The van der Waals surface area contributed by atoms with E-state index in [1.807, 2.05) is 0 Å². The molecule has 5 heteroatoms. The minimum atomic E-state index is -0.886. The van der Waals surface area contributed by atoms with E-state index in [9.17, 15) is 4.32 Å². The van der Waals surface area contributed by atoms with Gasteiger partial charge in [-0.3, -0.25) is 9.12 Å². The van der Waals surface area contributed by atoms with E-state index in [2.05, 4.69) is 8.02 Å². The molecule has 0 rings (SSSR count). The molecular formula is HBFIO2. The molecule has 0 aromatic heterocycles. The lowest BCUT2D eigenvalue weighted by atomic mass is 10.5. The fourth-order valence-electron chi connectivity index (χ4n) is 0.0168. The molecule has 0 aliphatic heterocycles. The topological polar surface area (TPSA) is 18.5 Å². The van der Waals surface area contributed by atoms with Crippen LogP contribution in [0.4, 0.5) is 4.32 Å². The van der Waals surface area contributed by atoms with Crippen LogP contribution in [0.25, 0.3) is 0 Å². The Balaban J connectivity index is 2.19. The molecule has 0 unspecified atom stereocenters. The van der Waals surface area contributed by atoms with Gasteiger partial charge in [0.15, 0.2) is 23.0 Å². The van der Waals surface area contributed by atoms with Gasteiger partial charge < -0.3 is 0 Å². The first-order chi connectivity index (χ1) is 2.41. The van der Waals surface area contributed by atoms with Crippen LogP contribution < -0.4 is 0 Å². The van der Waals surface area contributed by atoms with E-state index in [1.165, 1.54) is 23.0 Å². The Morgan fingerprint density at radius 2 is 2.40 bits per heavy atom. The molecule has 0 radical (unpaired) electrons. The van der Waals surface area contributed by atoms with Gasteiger partial charge in [0, 0.05) is 0 Å². The van der Waals surface area contributed by atoms with Crippen LogP contribution in [0.2, 0.25) is 0 Å². The summed E-state index contributed by atoms with van der Waals surface area (Å²) in [6.45, 7) is 0. The minimum Gasteiger partial charge on any atom is -0.294 e. The molecule has 5 heavy (non-hydrogen) atoms. The first kappa shape index (κ1) is 5.64. The summed E-state index contributed by atoms with van der Waals surface area (Å²) >= 11 is 1.43. The lowest BCUT2D eigenvalue weighted by Crippen LogP contribution is -1.81. The third-order valence-electron chi connectivity index (χ3n) is 0.0891. The molecule has 0 aliphatic carbocycles. The van der Waals surface area contributed by atoms with Crippen molar-refractivity contribution < 1.29 is 12.3 Å². The second-order valence-electron chi connectivity index (χ2n) is 0.290. The second kappa shape index (κ2) is 4.64. The van der Waals surface area contributed by atoms with Crippen LogP contribution in [0, 0.1) is 0 Å². The maximum absolute atomic E-state index is 10.6. The van der Waals surface area contributed by atoms with Gasteiger partial charge in [0.2, 0.25) is 0 Å². The van der Waals surface area contributed by atoms with Gasteiger partial charge in [-0.15, -0.1) is 0 Å². The Morgan fingerprint density at radius 3 is 2.40 bits per heavy atom. The lowest BCUT2D eigenvalue weighted by molar-refractivity contribution is -0.0535. The number of hydrogen-bond acceptors (Lipinski definition) is 2. The van der Waals surface area contributed by atoms with Gasteiger partial charge in [-0.05, 0) is 0 Å². The molecule has 0 heterocycles. The fraction of sp³-hybridized carbons (Fsp3) is 0. The van der Waals surface area contributed by atoms with Crippen molar-refractivity contribution in [1.82, 2.24) is 0 Å². The monoisotopic (exact) mass is 190 g/mol. The molecule has 0 aromatic rings. The average Bonchev–Trinajstić information content (AvgIpc) is 1.41. The highest BCUT2D eigenvalue weighted by molar-refractivity contribution is 14.1. The SMILES string of the molecule is FBOOI. The third-order valence-corrected chi connectivity index (χ3v) is 0.343. The molecule has 0 amide bonds. The normalized spacial score (nSPS) is 7.60. The molecule has 0 saturated carbocycles. The molecule has 0 N–H and O–H groups in total. The number of rotatable bonds is 2. The van der Waals surface area contributed by atoms with Crippen molar-refractivity contribution in [2.45, 2.75) is 0 Å². The molecule has 0 bridgehead atoms. The summed E-state index contributed by atoms with van der Waals surface area (Å²) in [7, 11) is -0.886. The van der Waals surface area contributed by atoms with Crippen molar-refractivity contribution in [3.05, 3.63) is 0 Å². The summed E-state index contributed by atoms with van der Waals surface area (Å²) in [5.74, 6) is 0. The van der Waals surface area contributed by atoms with Crippen LogP contribution in [0.15, 0.2) is 0 Å². The summed E-state index contributed by atoms with van der Waals surface area (Å²) < 4.78 is 14.4. The van der Waals surface area contributed by atoms with Gasteiger partial charge in [0.25, 0.3) is 0 Å². The van der Waals surface area contributed by atoms with Crippen molar-refractivity contribution >= 4 is 30.8 Å². The Hall–Kier alpha value is 0.645. The zero-order valence-corrected chi connectivity index (χ0v) is 4.44. The number of hydrogen-bond donors (Lipinski definition) is 0. The zero-order valence-electron chi connectivity index (χ0n) is 2.28. The van der Waals surface area contributed by atoms with Crippen LogP contribution in [-0.2, 0) is 8.02 Å². The summed E-state index contributed by atoms with van der Waals surface area (Å²) in [5, 5.41) is 0. The molecule has 0 fully saturated rings. The van der Waals surface area contributed by atoms with E-state index in [0.29, 0.717) is 0 Å². The maximum atomic E-state index is 10.6. The van der Waals surface area contributed by atoms with Crippen LogP contribution in [0.1, 0.15) is 0 Å². The van der Waals surface area contributed by atoms with Crippen molar-refractivity contribution in [2.24, 2.45) is 0 Å². The molecule has 0 aromatic carbocycles. The largest absolute Gasteiger partial charge is 0.515 e. The highest BCUT2D eigenvalue weighted by Gasteiger charge is 1.78. The van der Waals surface area contributed by atoms with Crippen LogP contribution in [-0.4, -0.2) is 7.76 Å². The van der Waals surface area contributed by atoms with E-state index < -0.39 is 7.76 Å². The van der Waals surface area contributed by atoms with Crippen molar-refractivity contribution in [3.8, 4) is 0 Å². The molecule has 0 spiro atoms. The quantitative estimate of drug-likeness (QED) is 0.273. The molecule has 0 aliphatic rings. The van der Waals surface area contributed by atoms with Gasteiger partial charge in [0.05, 0.1) is 0 Å². The fourth-order valence-corrected chi connectivity index (χ4v) is 0.113. The molecule has 2 nitrogen and oxygen atoms in total. The van der Waals surface area contributed by atoms with E-state index in [4.69, 9.17) is 0 Å². The van der Waals surface area contributed by atoms with Gasteiger partial charge in [-0.25, -0.2) is 0 Å². The van der Waals surface area contributed by atoms with Crippen LogP contribution in [0.3, 0.4) is 0 Å². The Kier molecular flexibility index (Phi) is 5.24. The first-order valence-corrected chi connectivity index (χ1v) is 1.76. The van der Waals surface area contributed by atoms with E-state index in [0.717, 1.165) is 0 Å². The Bertz CT molecular complexity index is 17.1. The lowest BCUT2D eigenvalue weighted by Gasteiger charge is -1.78. The Labute approximate surface area is 43.6 Å². The van der Waals surface area contributed by atoms with Gasteiger partial charge in [-0.1, -0.05) is 0 Å². The van der Waals surface area contributed by atoms with Gasteiger partial charge >= 0.3 is 7.76 Å². The first-order valence-electron chi connectivity index (χ1n) is 0.877. The second-order valence-corrected chi connectivity index (χ2v) is 0.650. The maximum Gasteiger partial charge on any atom is 0.515 e. The smallest absolute Gasteiger partial charge is 0.294 e. The van der Waals surface area contributed by atoms with E-state index >= 15 is 0 Å². The van der Waals surface area contributed by atoms with Crippen molar-refractivity contribution in [3.63, 3.8) is 0 Å². The predicted octanol–water partition coefficient (Wildman–Crippen LogP) is 0.521. The molecular weight excluding hydrogens is 189 g/mol. The summed E-state index contributed by atoms with van der Waals surface area (Å²) in [6, 6.07) is 0. The molecule has 0 atom stereocenters. The van der Waals surface area contributed by atoms with Crippen molar-refractivity contribution in [1.29, 1.82) is 0 Å². The molecule has 30 valence electrons. The van der Waals surface area contributed by atoms with Gasteiger partial charge in [-0.2, -0.15) is 3.22 Å².